The Balaban J connectivity index is 2.17. The number of nitrogens with zero attached hydrogens (tertiary/aromatic N) is 1. The lowest BCUT2D eigenvalue weighted by Crippen LogP contribution is -2.49. The zero-order chi connectivity index (χ0) is 13.2. The van der Waals surface area contributed by atoms with E-state index in [-0.39, 0.29) is 17.1 Å². The van der Waals surface area contributed by atoms with E-state index in [1.165, 1.54) is 6.07 Å². The van der Waals surface area contributed by atoms with E-state index in [9.17, 15) is 9.59 Å². The van der Waals surface area contributed by atoms with Crippen molar-refractivity contribution in [3.63, 3.8) is 0 Å². The molecule has 1 aliphatic rings. The Labute approximate surface area is 106 Å². The number of carbonyl (C=O) groups excluding carboxylic acids is 1. The zero-order valence-electron chi connectivity index (χ0n) is 10.7. The summed E-state index contributed by atoms with van der Waals surface area (Å²) in [6.45, 7) is 3.26. The molecule has 0 spiro atoms. The molecule has 2 heterocycles. The summed E-state index contributed by atoms with van der Waals surface area (Å²) in [5.41, 5.74) is -0.210. The summed E-state index contributed by atoms with van der Waals surface area (Å²) in [7, 11) is 1.67. The van der Waals surface area contributed by atoms with E-state index < -0.39 is 0 Å². The van der Waals surface area contributed by atoms with Gasteiger partial charge in [0.2, 0.25) is 5.56 Å². The Bertz CT molecular complexity index is 497. The zero-order valence-corrected chi connectivity index (χ0v) is 10.7. The van der Waals surface area contributed by atoms with Crippen molar-refractivity contribution in [1.29, 1.82) is 0 Å². The SMILES string of the molecule is COC1(C)CCCN(C(=O)c2cccc(=O)[nH]2)C1. The van der Waals surface area contributed by atoms with Crippen molar-refractivity contribution < 1.29 is 9.53 Å². The third kappa shape index (κ3) is 2.61. The Morgan fingerprint density at radius 2 is 2.28 bits per heavy atom. The molecule has 1 N–H and O–H groups in total. The number of carbonyl (C=O) groups is 1. The number of aromatic nitrogens is 1. The number of amides is 1. The molecular formula is C13H18N2O3. The van der Waals surface area contributed by atoms with E-state index in [1.807, 2.05) is 6.92 Å². The quantitative estimate of drug-likeness (QED) is 0.852. The molecule has 1 amide bonds. The molecular weight excluding hydrogens is 232 g/mol. The summed E-state index contributed by atoms with van der Waals surface area (Å²) >= 11 is 0. The molecule has 98 valence electrons. The number of rotatable bonds is 2. The van der Waals surface area contributed by atoms with E-state index >= 15 is 0 Å². The maximum Gasteiger partial charge on any atom is 0.270 e. The first-order chi connectivity index (χ1) is 8.54. The maximum atomic E-state index is 12.3. The van der Waals surface area contributed by atoms with Gasteiger partial charge in [0, 0.05) is 26.3 Å². The minimum atomic E-state index is -0.289. The Morgan fingerprint density at radius 1 is 1.50 bits per heavy atom. The van der Waals surface area contributed by atoms with Gasteiger partial charge in [-0.15, -0.1) is 0 Å². The van der Waals surface area contributed by atoms with Gasteiger partial charge in [-0.2, -0.15) is 0 Å². The third-order valence-electron chi connectivity index (χ3n) is 3.44. The van der Waals surface area contributed by atoms with Crippen molar-refractivity contribution in [1.82, 2.24) is 9.88 Å². The van der Waals surface area contributed by atoms with Crippen molar-refractivity contribution in [3.05, 3.63) is 34.2 Å². The van der Waals surface area contributed by atoms with Crippen molar-refractivity contribution in [2.24, 2.45) is 0 Å². The van der Waals surface area contributed by atoms with Crippen LogP contribution >= 0.6 is 0 Å². The van der Waals surface area contributed by atoms with Gasteiger partial charge in [-0.1, -0.05) is 6.07 Å². The van der Waals surface area contributed by atoms with Crippen LogP contribution in [0, 0.1) is 0 Å². The molecule has 1 aromatic heterocycles. The third-order valence-corrected chi connectivity index (χ3v) is 3.44. The molecule has 5 nitrogen and oxygen atoms in total. The monoisotopic (exact) mass is 250 g/mol. The van der Waals surface area contributed by atoms with Gasteiger partial charge in [0.05, 0.1) is 5.60 Å². The van der Waals surface area contributed by atoms with Crippen LogP contribution in [0.4, 0.5) is 0 Å². The van der Waals surface area contributed by atoms with Crippen LogP contribution in [0.2, 0.25) is 0 Å². The first-order valence-electron chi connectivity index (χ1n) is 6.08. The van der Waals surface area contributed by atoms with E-state index in [2.05, 4.69) is 4.98 Å². The molecule has 0 radical (unpaired) electrons. The summed E-state index contributed by atoms with van der Waals surface area (Å²) in [6, 6.07) is 4.61. The van der Waals surface area contributed by atoms with Gasteiger partial charge in [-0.25, -0.2) is 0 Å². The van der Waals surface area contributed by atoms with Crippen molar-refractivity contribution in [3.8, 4) is 0 Å². The lowest BCUT2D eigenvalue weighted by Gasteiger charge is -2.39. The first kappa shape index (κ1) is 12.8. The standard InChI is InChI=1S/C13H18N2O3/c1-13(18-2)7-4-8-15(9-13)12(17)10-5-3-6-11(16)14-10/h3,5-6H,4,7-9H2,1-2H3,(H,14,16). The number of nitrogens with one attached hydrogen (secondary N) is 1. The summed E-state index contributed by atoms with van der Waals surface area (Å²) in [5.74, 6) is -0.143. The fraction of sp³-hybridized carbons (Fsp3) is 0.538. The molecule has 0 bridgehead atoms. The number of aromatic amines is 1. The topological polar surface area (TPSA) is 62.4 Å². The predicted octanol–water partition coefficient (Wildman–Crippen LogP) is 1.02. The minimum absolute atomic E-state index is 0.143. The van der Waals surface area contributed by atoms with Crippen molar-refractivity contribution >= 4 is 5.91 Å². The van der Waals surface area contributed by atoms with E-state index in [0.29, 0.717) is 18.8 Å². The number of H-pyrrole nitrogens is 1. The van der Waals surface area contributed by atoms with E-state index in [0.717, 1.165) is 12.8 Å². The molecule has 0 saturated carbocycles. The summed E-state index contributed by atoms with van der Waals surface area (Å²) in [4.78, 5) is 27.8. The Hall–Kier alpha value is -1.62. The number of ether oxygens (including phenoxy) is 1. The lowest BCUT2D eigenvalue weighted by molar-refractivity contribution is -0.0441. The van der Waals surface area contributed by atoms with Crippen LogP contribution in [0.1, 0.15) is 30.3 Å². The van der Waals surface area contributed by atoms with E-state index in [1.54, 1.807) is 24.1 Å². The molecule has 0 aliphatic carbocycles. The van der Waals surface area contributed by atoms with Crippen LogP contribution in [0.25, 0.3) is 0 Å². The van der Waals surface area contributed by atoms with Crippen LogP contribution in [0.5, 0.6) is 0 Å². The summed E-state index contributed by atoms with van der Waals surface area (Å²) < 4.78 is 5.45. The molecule has 0 aromatic carbocycles. The molecule has 1 unspecified atom stereocenters. The van der Waals surface area contributed by atoms with Gasteiger partial charge < -0.3 is 14.6 Å². The second kappa shape index (κ2) is 4.94. The highest BCUT2D eigenvalue weighted by atomic mass is 16.5. The number of likely N-dealkylation sites (tertiary alicyclic amines) is 1. The van der Waals surface area contributed by atoms with E-state index in [4.69, 9.17) is 4.74 Å². The van der Waals surface area contributed by atoms with Crippen LogP contribution in [-0.2, 0) is 4.74 Å². The molecule has 1 fully saturated rings. The molecule has 1 saturated heterocycles. The van der Waals surface area contributed by atoms with Crippen molar-refractivity contribution in [2.75, 3.05) is 20.2 Å². The van der Waals surface area contributed by atoms with Crippen LogP contribution < -0.4 is 5.56 Å². The smallest absolute Gasteiger partial charge is 0.270 e. The molecule has 1 aromatic rings. The summed E-state index contributed by atoms with van der Waals surface area (Å²) in [5, 5.41) is 0. The molecule has 2 rings (SSSR count). The average Bonchev–Trinajstić information content (AvgIpc) is 2.38. The van der Waals surface area contributed by atoms with Crippen LogP contribution in [-0.4, -0.2) is 41.6 Å². The maximum absolute atomic E-state index is 12.3. The molecule has 1 atom stereocenters. The largest absolute Gasteiger partial charge is 0.377 e. The highest BCUT2D eigenvalue weighted by molar-refractivity contribution is 5.92. The van der Waals surface area contributed by atoms with Gasteiger partial charge in [0.15, 0.2) is 0 Å². The molecule has 18 heavy (non-hydrogen) atoms. The van der Waals surface area contributed by atoms with Gasteiger partial charge in [-0.05, 0) is 25.8 Å². The number of hydrogen-bond donors (Lipinski definition) is 1. The molecule has 1 aliphatic heterocycles. The summed E-state index contributed by atoms with van der Waals surface area (Å²) in [6.07, 6.45) is 1.85. The van der Waals surface area contributed by atoms with Gasteiger partial charge in [0.1, 0.15) is 5.69 Å². The highest BCUT2D eigenvalue weighted by Gasteiger charge is 2.33. The first-order valence-corrected chi connectivity index (χ1v) is 6.08. The normalized spacial score (nSPS) is 24.0. The average molecular weight is 250 g/mol. The Kier molecular flexibility index (Phi) is 3.52. The number of hydrogen-bond acceptors (Lipinski definition) is 3. The molecule has 5 heteroatoms. The van der Waals surface area contributed by atoms with Gasteiger partial charge in [-0.3, -0.25) is 9.59 Å². The van der Waals surface area contributed by atoms with Gasteiger partial charge >= 0.3 is 0 Å². The van der Waals surface area contributed by atoms with Gasteiger partial charge in [0.25, 0.3) is 5.91 Å². The highest BCUT2D eigenvalue weighted by Crippen LogP contribution is 2.24. The fourth-order valence-corrected chi connectivity index (χ4v) is 2.29. The number of pyridine rings is 1. The van der Waals surface area contributed by atoms with Crippen LogP contribution in [0.15, 0.2) is 23.0 Å². The number of methoxy groups -OCH3 is 1. The van der Waals surface area contributed by atoms with Crippen LogP contribution in [0.3, 0.4) is 0 Å². The number of piperidine rings is 1. The fourth-order valence-electron chi connectivity index (χ4n) is 2.29. The lowest BCUT2D eigenvalue weighted by atomic mass is 9.94. The van der Waals surface area contributed by atoms with Crippen molar-refractivity contribution in [2.45, 2.75) is 25.4 Å². The predicted molar refractivity (Wildman–Crippen MR) is 67.6 cm³/mol. The minimum Gasteiger partial charge on any atom is -0.377 e. The second-order valence-electron chi connectivity index (χ2n) is 4.91. The Morgan fingerprint density at radius 3 is 2.94 bits per heavy atom. The second-order valence-corrected chi connectivity index (χ2v) is 4.91.